The molecular formula is C15H12BrFN2. The predicted octanol–water partition coefficient (Wildman–Crippen LogP) is 4.10. The molecule has 2 nitrogen and oxygen atoms in total. The summed E-state index contributed by atoms with van der Waals surface area (Å²) >= 11 is 3.35. The Morgan fingerprint density at radius 2 is 1.89 bits per heavy atom. The monoisotopic (exact) mass is 318 g/mol. The number of benzene rings is 2. The van der Waals surface area contributed by atoms with Gasteiger partial charge in [0, 0.05) is 18.1 Å². The standard InChI is InChI=1S/C15H12BrFN2/c1-19(10-11-2-5-14(17)6-3-11)15-7-4-13(16)8-12(15)9-18/h2-8H,10H2,1H3. The van der Waals surface area contributed by atoms with Crippen molar-refractivity contribution in [2.24, 2.45) is 0 Å². The normalized spacial score (nSPS) is 10.0. The molecule has 0 bridgehead atoms. The summed E-state index contributed by atoms with van der Waals surface area (Å²) in [6.07, 6.45) is 0. The lowest BCUT2D eigenvalue weighted by Gasteiger charge is -2.20. The Morgan fingerprint density at radius 1 is 1.21 bits per heavy atom. The molecule has 19 heavy (non-hydrogen) atoms. The van der Waals surface area contributed by atoms with Crippen LogP contribution in [0.3, 0.4) is 0 Å². The number of anilines is 1. The highest BCUT2D eigenvalue weighted by molar-refractivity contribution is 9.10. The van der Waals surface area contributed by atoms with Crippen molar-refractivity contribution < 1.29 is 4.39 Å². The minimum atomic E-state index is -0.243. The van der Waals surface area contributed by atoms with E-state index in [1.165, 1.54) is 12.1 Å². The Morgan fingerprint density at radius 3 is 2.53 bits per heavy atom. The first-order chi connectivity index (χ1) is 9.10. The quantitative estimate of drug-likeness (QED) is 0.852. The van der Waals surface area contributed by atoms with Gasteiger partial charge in [-0.05, 0) is 35.9 Å². The molecule has 0 saturated heterocycles. The molecule has 0 aliphatic carbocycles. The minimum Gasteiger partial charge on any atom is -0.369 e. The van der Waals surface area contributed by atoms with E-state index < -0.39 is 0 Å². The van der Waals surface area contributed by atoms with Crippen molar-refractivity contribution in [3.63, 3.8) is 0 Å². The molecule has 0 unspecified atom stereocenters. The van der Waals surface area contributed by atoms with Gasteiger partial charge < -0.3 is 4.90 Å². The van der Waals surface area contributed by atoms with Gasteiger partial charge in [0.05, 0.1) is 11.3 Å². The molecule has 0 heterocycles. The van der Waals surface area contributed by atoms with Crippen molar-refractivity contribution >= 4 is 21.6 Å². The van der Waals surface area contributed by atoms with Crippen molar-refractivity contribution in [1.29, 1.82) is 5.26 Å². The van der Waals surface area contributed by atoms with Crippen molar-refractivity contribution in [1.82, 2.24) is 0 Å². The third-order valence-electron chi connectivity index (χ3n) is 2.82. The first-order valence-corrected chi connectivity index (χ1v) is 6.54. The molecule has 0 amide bonds. The van der Waals surface area contributed by atoms with Crippen molar-refractivity contribution in [2.75, 3.05) is 11.9 Å². The summed E-state index contributed by atoms with van der Waals surface area (Å²) in [6.45, 7) is 0.622. The van der Waals surface area contributed by atoms with Gasteiger partial charge in [-0.2, -0.15) is 5.26 Å². The lowest BCUT2D eigenvalue weighted by Crippen LogP contribution is -2.17. The van der Waals surface area contributed by atoms with E-state index in [1.807, 2.05) is 24.1 Å². The van der Waals surface area contributed by atoms with E-state index in [4.69, 9.17) is 5.26 Å². The highest BCUT2D eigenvalue weighted by Gasteiger charge is 2.08. The fourth-order valence-corrected chi connectivity index (χ4v) is 2.24. The van der Waals surface area contributed by atoms with Crippen LogP contribution >= 0.6 is 15.9 Å². The molecule has 2 rings (SSSR count). The average Bonchev–Trinajstić information content (AvgIpc) is 2.41. The third kappa shape index (κ3) is 3.33. The first-order valence-electron chi connectivity index (χ1n) is 5.75. The molecule has 96 valence electrons. The van der Waals surface area contributed by atoms with Crippen LogP contribution in [0.25, 0.3) is 0 Å². The Balaban J connectivity index is 2.23. The molecule has 0 fully saturated rings. The highest BCUT2D eigenvalue weighted by atomic mass is 79.9. The van der Waals surface area contributed by atoms with E-state index in [2.05, 4.69) is 22.0 Å². The summed E-state index contributed by atoms with van der Waals surface area (Å²) < 4.78 is 13.7. The van der Waals surface area contributed by atoms with E-state index >= 15 is 0 Å². The number of hydrogen-bond acceptors (Lipinski definition) is 2. The summed E-state index contributed by atoms with van der Waals surface area (Å²) in [5.74, 6) is -0.243. The van der Waals surface area contributed by atoms with Crippen LogP contribution in [0.4, 0.5) is 10.1 Å². The van der Waals surface area contributed by atoms with Crippen LogP contribution in [-0.2, 0) is 6.54 Å². The number of nitrogens with zero attached hydrogens (tertiary/aromatic N) is 2. The third-order valence-corrected chi connectivity index (χ3v) is 3.32. The largest absolute Gasteiger partial charge is 0.369 e. The zero-order valence-corrected chi connectivity index (χ0v) is 12.0. The van der Waals surface area contributed by atoms with E-state index in [1.54, 1.807) is 18.2 Å². The molecule has 0 aliphatic heterocycles. The maximum absolute atomic E-state index is 12.8. The van der Waals surface area contributed by atoms with Gasteiger partial charge in [0.1, 0.15) is 11.9 Å². The van der Waals surface area contributed by atoms with Gasteiger partial charge in [0.15, 0.2) is 0 Å². The molecule has 2 aromatic rings. The predicted molar refractivity (Wildman–Crippen MR) is 77.4 cm³/mol. The first kappa shape index (κ1) is 13.6. The molecule has 0 atom stereocenters. The Bertz CT molecular complexity index is 617. The molecule has 2 aromatic carbocycles. The van der Waals surface area contributed by atoms with Gasteiger partial charge >= 0.3 is 0 Å². The lowest BCUT2D eigenvalue weighted by molar-refractivity contribution is 0.627. The van der Waals surface area contributed by atoms with Crippen LogP contribution in [0.5, 0.6) is 0 Å². The summed E-state index contributed by atoms with van der Waals surface area (Å²) in [7, 11) is 1.91. The van der Waals surface area contributed by atoms with E-state index in [-0.39, 0.29) is 5.82 Å². The average molecular weight is 319 g/mol. The van der Waals surface area contributed by atoms with Crippen LogP contribution in [0.1, 0.15) is 11.1 Å². The second-order valence-corrected chi connectivity index (χ2v) is 5.17. The number of nitriles is 1. The molecule has 0 aliphatic rings. The minimum absolute atomic E-state index is 0.243. The fraction of sp³-hybridized carbons (Fsp3) is 0.133. The summed E-state index contributed by atoms with van der Waals surface area (Å²) in [4.78, 5) is 1.97. The van der Waals surface area contributed by atoms with E-state index in [9.17, 15) is 4.39 Å². The highest BCUT2D eigenvalue weighted by Crippen LogP contribution is 2.24. The second kappa shape index (κ2) is 5.85. The zero-order chi connectivity index (χ0) is 13.8. The number of halogens is 2. The van der Waals surface area contributed by atoms with Crippen LogP contribution in [-0.4, -0.2) is 7.05 Å². The van der Waals surface area contributed by atoms with Crippen LogP contribution < -0.4 is 4.90 Å². The second-order valence-electron chi connectivity index (χ2n) is 4.26. The van der Waals surface area contributed by atoms with E-state index in [0.717, 1.165) is 15.7 Å². The molecular weight excluding hydrogens is 307 g/mol. The van der Waals surface area contributed by atoms with E-state index in [0.29, 0.717) is 12.1 Å². The smallest absolute Gasteiger partial charge is 0.123 e. The van der Waals surface area contributed by atoms with Gasteiger partial charge in [-0.15, -0.1) is 0 Å². The molecule has 0 N–H and O–H groups in total. The molecule has 4 heteroatoms. The summed E-state index contributed by atoms with van der Waals surface area (Å²) in [5, 5.41) is 9.15. The van der Waals surface area contributed by atoms with Crippen molar-refractivity contribution in [3.8, 4) is 6.07 Å². The maximum Gasteiger partial charge on any atom is 0.123 e. The number of rotatable bonds is 3. The molecule has 0 spiro atoms. The summed E-state index contributed by atoms with van der Waals surface area (Å²) in [5.41, 5.74) is 2.46. The molecule has 0 aromatic heterocycles. The molecule has 0 radical (unpaired) electrons. The van der Waals surface area contributed by atoms with Crippen LogP contribution in [0.15, 0.2) is 46.9 Å². The maximum atomic E-state index is 12.8. The van der Waals surface area contributed by atoms with Crippen LogP contribution in [0.2, 0.25) is 0 Å². The molecule has 0 saturated carbocycles. The van der Waals surface area contributed by atoms with Crippen molar-refractivity contribution in [2.45, 2.75) is 6.54 Å². The Labute approximate surface area is 120 Å². The van der Waals surface area contributed by atoms with Crippen molar-refractivity contribution in [3.05, 3.63) is 63.9 Å². The summed E-state index contributed by atoms with van der Waals surface area (Å²) in [6, 6.07) is 14.1. The van der Waals surface area contributed by atoms with Gasteiger partial charge in [0.2, 0.25) is 0 Å². The Hall–Kier alpha value is -1.86. The van der Waals surface area contributed by atoms with Gasteiger partial charge in [0.25, 0.3) is 0 Å². The fourth-order valence-electron chi connectivity index (χ4n) is 1.88. The van der Waals surface area contributed by atoms with Gasteiger partial charge in [-0.3, -0.25) is 0 Å². The Kier molecular flexibility index (Phi) is 4.18. The SMILES string of the molecule is CN(Cc1ccc(F)cc1)c1ccc(Br)cc1C#N. The zero-order valence-electron chi connectivity index (χ0n) is 10.4. The number of hydrogen-bond donors (Lipinski definition) is 0. The van der Waals surface area contributed by atoms with Gasteiger partial charge in [-0.1, -0.05) is 28.1 Å². The topological polar surface area (TPSA) is 27.0 Å². The van der Waals surface area contributed by atoms with Crippen LogP contribution in [0, 0.1) is 17.1 Å². The lowest BCUT2D eigenvalue weighted by atomic mass is 10.1. The van der Waals surface area contributed by atoms with Gasteiger partial charge in [-0.25, -0.2) is 4.39 Å².